The second kappa shape index (κ2) is 6.31. The number of hydrogen-bond acceptors (Lipinski definition) is 3. The number of urea groups is 1. The van der Waals surface area contributed by atoms with Crippen LogP contribution >= 0.6 is 0 Å². The van der Waals surface area contributed by atoms with Gasteiger partial charge in [-0.05, 0) is 6.42 Å². The Bertz CT molecular complexity index is 443. The molecule has 22 heavy (non-hydrogen) atoms. The molecule has 0 spiro atoms. The molecule has 0 saturated carbocycles. The fourth-order valence-electron chi connectivity index (χ4n) is 3.12. The summed E-state index contributed by atoms with van der Waals surface area (Å²) in [5.74, 6) is -4.95. The van der Waals surface area contributed by atoms with E-state index in [1.54, 1.807) is 7.11 Å². The first-order valence-corrected chi connectivity index (χ1v) is 7.06. The number of hydrogen-bond donors (Lipinski definition) is 1. The molecule has 3 atom stereocenters. The molecule has 6 nitrogen and oxygen atoms in total. The van der Waals surface area contributed by atoms with E-state index in [0.29, 0.717) is 19.7 Å². The second-order valence-electron chi connectivity index (χ2n) is 5.84. The van der Waals surface area contributed by atoms with Gasteiger partial charge in [-0.15, -0.1) is 0 Å². The summed E-state index contributed by atoms with van der Waals surface area (Å²) in [5.41, 5.74) is 0. The van der Waals surface area contributed by atoms with Crippen molar-refractivity contribution in [1.82, 2.24) is 9.80 Å². The molecular formula is C13H19F3N2O4. The van der Waals surface area contributed by atoms with Crippen LogP contribution in [0.5, 0.6) is 0 Å². The summed E-state index contributed by atoms with van der Waals surface area (Å²) in [7, 11) is 1.55. The summed E-state index contributed by atoms with van der Waals surface area (Å²) in [5, 5.41) is 8.96. The van der Waals surface area contributed by atoms with Crippen LogP contribution in [0.4, 0.5) is 18.0 Å². The Labute approximate surface area is 125 Å². The third-order valence-electron chi connectivity index (χ3n) is 4.29. The molecule has 2 aliphatic rings. The van der Waals surface area contributed by atoms with E-state index >= 15 is 0 Å². The Balaban J connectivity index is 2.01. The van der Waals surface area contributed by atoms with Crippen LogP contribution in [0.15, 0.2) is 0 Å². The largest absolute Gasteiger partial charge is 0.481 e. The third-order valence-corrected chi connectivity index (χ3v) is 4.29. The van der Waals surface area contributed by atoms with E-state index in [0.717, 1.165) is 11.3 Å². The van der Waals surface area contributed by atoms with Gasteiger partial charge in [0.15, 0.2) is 0 Å². The highest BCUT2D eigenvalue weighted by Gasteiger charge is 2.54. The van der Waals surface area contributed by atoms with E-state index in [1.165, 1.54) is 4.90 Å². The minimum absolute atomic E-state index is 0.172. The van der Waals surface area contributed by atoms with Gasteiger partial charge in [-0.25, -0.2) is 4.79 Å². The number of likely N-dealkylation sites (tertiary alicyclic amines) is 2. The van der Waals surface area contributed by atoms with Crippen molar-refractivity contribution in [2.24, 2.45) is 17.8 Å². The number of carbonyl (C=O) groups excluding carboxylic acids is 1. The first kappa shape index (κ1) is 16.9. The predicted molar refractivity (Wildman–Crippen MR) is 69.2 cm³/mol. The zero-order valence-electron chi connectivity index (χ0n) is 12.2. The van der Waals surface area contributed by atoms with Gasteiger partial charge in [-0.3, -0.25) is 4.79 Å². The van der Waals surface area contributed by atoms with Crippen molar-refractivity contribution < 1.29 is 32.6 Å². The number of rotatable bonds is 3. The van der Waals surface area contributed by atoms with Crippen LogP contribution in [0.3, 0.4) is 0 Å². The summed E-state index contributed by atoms with van der Waals surface area (Å²) in [6, 6.07) is -0.517. The molecule has 0 aromatic carbocycles. The lowest BCUT2D eigenvalue weighted by Gasteiger charge is -2.24. The van der Waals surface area contributed by atoms with Gasteiger partial charge in [0.1, 0.15) is 0 Å². The molecule has 1 unspecified atom stereocenters. The van der Waals surface area contributed by atoms with Gasteiger partial charge >= 0.3 is 18.2 Å². The average Bonchev–Trinajstić information content (AvgIpc) is 3.04. The topological polar surface area (TPSA) is 70.1 Å². The van der Waals surface area contributed by atoms with Gasteiger partial charge in [-0.2, -0.15) is 13.2 Å². The Morgan fingerprint density at radius 1 is 1.23 bits per heavy atom. The molecule has 2 aliphatic heterocycles. The van der Waals surface area contributed by atoms with Crippen molar-refractivity contribution >= 4 is 12.0 Å². The predicted octanol–water partition coefficient (Wildman–Crippen LogP) is 1.27. The van der Waals surface area contributed by atoms with Crippen LogP contribution < -0.4 is 0 Å². The molecule has 2 amide bonds. The fourth-order valence-corrected chi connectivity index (χ4v) is 3.12. The van der Waals surface area contributed by atoms with Gasteiger partial charge in [0.2, 0.25) is 0 Å². The highest BCUT2D eigenvalue weighted by molar-refractivity contribution is 5.78. The van der Waals surface area contributed by atoms with Crippen molar-refractivity contribution in [2.45, 2.75) is 12.6 Å². The second-order valence-corrected chi connectivity index (χ2v) is 5.84. The number of amides is 2. The van der Waals surface area contributed by atoms with Crippen molar-refractivity contribution in [1.29, 1.82) is 0 Å². The lowest BCUT2D eigenvalue weighted by Crippen LogP contribution is -2.41. The SMILES string of the molecule is COCC1CCN(C(=O)N2C[C@@H](C(F)(F)F)[C@H](C(=O)O)C2)C1. The minimum atomic E-state index is -4.62. The summed E-state index contributed by atoms with van der Waals surface area (Å²) < 4.78 is 43.8. The number of alkyl halides is 3. The maximum atomic E-state index is 12.9. The maximum absolute atomic E-state index is 12.9. The zero-order chi connectivity index (χ0) is 16.5. The van der Waals surface area contributed by atoms with Crippen LogP contribution in [0.2, 0.25) is 0 Å². The van der Waals surface area contributed by atoms with Crippen molar-refractivity contribution in [3.63, 3.8) is 0 Å². The first-order chi connectivity index (χ1) is 10.2. The fraction of sp³-hybridized carbons (Fsp3) is 0.846. The maximum Gasteiger partial charge on any atom is 0.394 e. The molecule has 0 aromatic rings. The molecule has 0 aliphatic carbocycles. The lowest BCUT2D eigenvalue weighted by molar-refractivity contribution is -0.187. The van der Waals surface area contributed by atoms with Crippen molar-refractivity contribution in [3.8, 4) is 0 Å². The Morgan fingerprint density at radius 3 is 2.41 bits per heavy atom. The Kier molecular flexibility index (Phi) is 4.84. The number of aliphatic carboxylic acids is 1. The Hall–Kier alpha value is -1.51. The molecular weight excluding hydrogens is 305 g/mol. The number of carboxylic acids is 1. The summed E-state index contributed by atoms with van der Waals surface area (Å²) in [6.45, 7) is 0.386. The molecule has 0 bridgehead atoms. The van der Waals surface area contributed by atoms with Gasteiger partial charge < -0.3 is 19.6 Å². The highest BCUT2D eigenvalue weighted by atomic mass is 19.4. The highest BCUT2D eigenvalue weighted by Crippen LogP contribution is 2.38. The van der Waals surface area contributed by atoms with E-state index in [9.17, 15) is 22.8 Å². The zero-order valence-corrected chi connectivity index (χ0v) is 12.2. The lowest BCUT2D eigenvalue weighted by atomic mass is 9.96. The summed E-state index contributed by atoms with van der Waals surface area (Å²) in [6.07, 6.45) is -3.89. The average molecular weight is 324 g/mol. The van der Waals surface area contributed by atoms with Gasteiger partial charge in [0.25, 0.3) is 0 Å². The number of carboxylic acid groups (broad SMARTS) is 1. The van der Waals surface area contributed by atoms with Gasteiger partial charge in [0, 0.05) is 39.2 Å². The van der Waals surface area contributed by atoms with Gasteiger partial charge in [0.05, 0.1) is 18.4 Å². The van der Waals surface area contributed by atoms with E-state index in [4.69, 9.17) is 9.84 Å². The van der Waals surface area contributed by atoms with Gasteiger partial charge in [-0.1, -0.05) is 0 Å². The van der Waals surface area contributed by atoms with Crippen LogP contribution in [0.25, 0.3) is 0 Å². The van der Waals surface area contributed by atoms with Crippen LogP contribution in [-0.2, 0) is 9.53 Å². The number of nitrogens with zero attached hydrogens (tertiary/aromatic N) is 2. The van der Waals surface area contributed by atoms with Crippen LogP contribution in [-0.4, -0.2) is 73.0 Å². The molecule has 0 aromatic heterocycles. The molecule has 126 valence electrons. The third kappa shape index (κ3) is 3.45. The Morgan fingerprint density at radius 2 is 1.91 bits per heavy atom. The molecule has 2 heterocycles. The number of ether oxygens (including phenoxy) is 1. The molecule has 1 N–H and O–H groups in total. The van der Waals surface area contributed by atoms with Crippen molar-refractivity contribution in [3.05, 3.63) is 0 Å². The molecule has 2 fully saturated rings. The van der Waals surface area contributed by atoms with E-state index in [1.807, 2.05) is 0 Å². The minimum Gasteiger partial charge on any atom is -0.481 e. The van der Waals surface area contributed by atoms with Crippen LogP contribution in [0.1, 0.15) is 6.42 Å². The molecule has 9 heteroatoms. The number of halogens is 3. The molecule has 0 radical (unpaired) electrons. The van der Waals surface area contributed by atoms with Crippen LogP contribution in [0, 0.1) is 17.8 Å². The smallest absolute Gasteiger partial charge is 0.394 e. The van der Waals surface area contributed by atoms with E-state index in [-0.39, 0.29) is 5.92 Å². The summed E-state index contributed by atoms with van der Waals surface area (Å²) >= 11 is 0. The van der Waals surface area contributed by atoms with E-state index < -0.39 is 43.1 Å². The van der Waals surface area contributed by atoms with Crippen molar-refractivity contribution in [2.75, 3.05) is 39.9 Å². The molecule has 2 saturated heterocycles. The molecule has 2 rings (SSSR count). The number of methoxy groups -OCH3 is 1. The number of carbonyl (C=O) groups is 2. The normalized spacial score (nSPS) is 29.2. The van der Waals surface area contributed by atoms with E-state index in [2.05, 4.69) is 0 Å². The first-order valence-electron chi connectivity index (χ1n) is 7.06. The standard InChI is InChI=1S/C13H19F3N2O4/c1-22-7-8-2-3-17(4-8)12(21)18-5-9(11(19)20)10(6-18)13(14,15)16/h8-10H,2-7H2,1H3,(H,19,20)/t8?,9-,10-/m1/s1. The quantitative estimate of drug-likeness (QED) is 0.849. The monoisotopic (exact) mass is 324 g/mol. The summed E-state index contributed by atoms with van der Waals surface area (Å²) in [4.78, 5) is 25.8.